The molecule has 4 heterocycles. The summed E-state index contributed by atoms with van der Waals surface area (Å²) in [4.78, 5) is 55.1. The number of aryl methyl sites for hydroxylation is 1. The predicted octanol–water partition coefficient (Wildman–Crippen LogP) is 0.367. The molecule has 1 aliphatic rings. The maximum atomic E-state index is 12.8. The molecule has 2 amide bonds. The third-order valence-corrected chi connectivity index (χ3v) is 5.96. The first-order valence-electron chi connectivity index (χ1n) is 9.45. The lowest BCUT2D eigenvalue weighted by molar-refractivity contribution is -0.139. The molecule has 3 aromatic heterocycles. The fourth-order valence-electron chi connectivity index (χ4n) is 3.55. The minimum absolute atomic E-state index is 0.0204. The number of ether oxygens (including phenoxy) is 1. The topological polar surface area (TPSA) is 129 Å². The van der Waals surface area contributed by atoms with Gasteiger partial charge in [-0.3, -0.25) is 13.9 Å². The van der Waals surface area contributed by atoms with Crippen LogP contribution in [0.15, 0.2) is 44.7 Å². The van der Waals surface area contributed by atoms with Gasteiger partial charge >= 0.3 is 17.7 Å². The lowest BCUT2D eigenvalue weighted by Crippen LogP contribution is -2.46. The van der Waals surface area contributed by atoms with Crippen molar-refractivity contribution in [3.8, 4) is 0 Å². The van der Waals surface area contributed by atoms with Crippen LogP contribution in [0.2, 0.25) is 0 Å². The summed E-state index contributed by atoms with van der Waals surface area (Å²) >= 11 is 1.40. The molecule has 0 fully saturated rings. The van der Waals surface area contributed by atoms with E-state index in [2.05, 4.69) is 15.6 Å². The van der Waals surface area contributed by atoms with E-state index >= 15 is 0 Å². The second kappa shape index (κ2) is 7.87. The van der Waals surface area contributed by atoms with E-state index in [1.807, 2.05) is 17.5 Å². The van der Waals surface area contributed by atoms with Crippen LogP contribution in [0.3, 0.4) is 0 Å². The van der Waals surface area contributed by atoms with Gasteiger partial charge in [-0.1, -0.05) is 6.07 Å². The van der Waals surface area contributed by atoms with Crippen LogP contribution in [0, 0.1) is 0 Å². The van der Waals surface area contributed by atoms with Crippen LogP contribution in [-0.4, -0.2) is 37.3 Å². The van der Waals surface area contributed by atoms with Crippen LogP contribution in [-0.2, 0) is 30.2 Å². The van der Waals surface area contributed by atoms with Crippen molar-refractivity contribution < 1.29 is 14.3 Å². The second-order valence-electron chi connectivity index (χ2n) is 6.91. The van der Waals surface area contributed by atoms with E-state index in [0.29, 0.717) is 0 Å². The van der Waals surface area contributed by atoms with Crippen molar-refractivity contribution in [2.45, 2.75) is 19.5 Å². The number of aromatic nitrogens is 4. The average molecular weight is 444 g/mol. The van der Waals surface area contributed by atoms with Crippen molar-refractivity contribution in [1.29, 1.82) is 0 Å². The van der Waals surface area contributed by atoms with Gasteiger partial charge in [0.05, 0.1) is 36.8 Å². The van der Waals surface area contributed by atoms with E-state index in [4.69, 9.17) is 4.74 Å². The summed E-state index contributed by atoms with van der Waals surface area (Å²) in [6, 6.07) is 2.47. The summed E-state index contributed by atoms with van der Waals surface area (Å²) in [5.41, 5.74) is -0.100. The molecule has 4 rings (SSSR count). The van der Waals surface area contributed by atoms with Crippen molar-refractivity contribution >= 4 is 34.5 Å². The molecule has 1 atom stereocenters. The lowest BCUT2D eigenvalue weighted by atomic mass is 10.0. The number of hydrogen-bond donors (Lipinski definition) is 2. The number of nitrogens with one attached hydrogen (secondary N) is 2. The predicted molar refractivity (Wildman–Crippen MR) is 113 cm³/mol. The molecule has 0 saturated carbocycles. The number of amides is 2. The van der Waals surface area contributed by atoms with Crippen molar-refractivity contribution in [2.75, 3.05) is 6.61 Å². The zero-order chi connectivity index (χ0) is 22.3. The van der Waals surface area contributed by atoms with Crippen molar-refractivity contribution in [2.24, 2.45) is 14.1 Å². The fraction of sp³-hybridized carbons (Fsp3) is 0.316. The summed E-state index contributed by atoms with van der Waals surface area (Å²) in [5.74, 6) is -0.576. The molecule has 0 aromatic carbocycles. The number of fused-ring (bicyclic) bond motifs is 1. The molecule has 0 spiro atoms. The molecular weight excluding hydrogens is 424 g/mol. The highest BCUT2D eigenvalue weighted by Crippen LogP contribution is 2.31. The van der Waals surface area contributed by atoms with Gasteiger partial charge in [0.1, 0.15) is 0 Å². The number of thiophene rings is 1. The van der Waals surface area contributed by atoms with Crippen molar-refractivity contribution in [3.05, 3.63) is 60.8 Å². The third kappa shape index (κ3) is 3.44. The first-order valence-corrected chi connectivity index (χ1v) is 10.3. The molecule has 0 unspecified atom stereocenters. The highest BCUT2D eigenvalue weighted by Gasteiger charge is 2.34. The Hall–Kier alpha value is -3.67. The molecule has 1 aliphatic heterocycles. The van der Waals surface area contributed by atoms with E-state index in [0.717, 1.165) is 9.44 Å². The Morgan fingerprint density at radius 3 is 2.71 bits per heavy atom. The normalized spacial score (nSPS) is 16.4. The van der Waals surface area contributed by atoms with Gasteiger partial charge in [-0.2, -0.15) is 0 Å². The van der Waals surface area contributed by atoms with E-state index in [1.54, 1.807) is 6.92 Å². The number of urea groups is 1. The first kappa shape index (κ1) is 20.6. The van der Waals surface area contributed by atoms with Gasteiger partial charge in [0.2, 0.25) is 0 Å². The fourth-order valence-corrected chi connectivity index (χ4v) is 4.33. The van der Waals surface area contributed by atoms with Gasteiger partial charge < -0.3 is 19.9 Å². The Labute approximate surface area is 179 Å². The van der Waals surface area contributed by atoms with Crippen LogP contribution in [0.5, 0.6) is 0 Å². The highest BCUT2D eigenvalue weighted by atomic mass is 32.1. The number of hydrogen-bond acceptors (Lipinski definition) is 7. The average Bonchev–Trinajstić information content (AvgIpc) is 3.41. The number of allylic oxidation sites excluding steroid dienone is 1. The van der Waals surface area contributed by atoms with Crippen LogP contribution < -0.4 is 21.9 Å². The molecule has 12 heteroatoms. The summed E-state index contributed by atoms with van der Waals surface area (Å²) < 4.78 is 8.99. The first-order chi connectivity index (χ1) is 14.8. The Balaban J connectivity index is 1.89. The molecule has 11 nitrogen and oxygen atoms in total. The smallest absolute Gasteiger partial charge is 0.338 e. The maximum Gasteiger partial charge on any atom is 0.338 e. The van der Waals surface area contributed by atoms with E-state index < -0.39 is 29.3 Å². The quantitative estimate of drug-likeness (QED) is 0.547. The molecule has 2 N–H and O–H groups in total. The zero-order valence-electron chi connectivity index (χ0n) is 17.0. The van der Waals surface area contributed by atoms with Gasteiger partial charge in [0.15, 0.2) is 11.2 Å². The summed E-state index contributed by atoms with van der Waals surface area (Å²) in [7, 11) is 2.90. The zero-order valence-corrected chi connectivity index (χ0v) is 17.9. The van der Waals surface area contributed by atoms with Gasteiger partial charge in [-0.05, 0) is 18.4 Å². The van der Waals surface area contributed by atoms with E-state index in [1.165, 1.54) is 40.9 Å². The molecular formula is C19H20N6O5S. The summed E-state index contributed by atoms with van der Waals surface area (Å²) in [6.07, 6.45) is 1.40. The highest BCUT2D eigenvalue weighted by molar-refractivity contribution is 7.10. The molecule has 3 aromatic rings. The number of rotatable bonds is 5. The maximum absolute atomic E-state index is 12.8. The number of carbonyl (C=O) groups excluding carboxylic acids is 2. The number of imidazole rings is 1. The number of nitrogens with zero attached hydrogens (tertiary/aromatic N) is 4. The molecule has 0 bridgehead atoms. The SMILES string of the molecule is CCOC(=O)C1=C(Cn2cnc3c2c(=O)n(C)c(=O)n3C)NC(=O)N[C@H]1c1cccs1. The second-order valence-corrected chi connectivity index (χ2v) is 7.89. The van der Waals surface area contributed by atoms with Gasteiger partial charge in [-0.15, -0.1) is 11.3 Å². The molecule has 162 valence electrons. The lowest BCUT2D eigenvalue weighted by Gasteiger charge is -2.28. The molecule has 0 saturated heterocycles. The largest absolute Gasteiger partial charge is 0.463 e. The van der Waals surface area contributed by atoms with Gasteiger partial charge in [-0.25, -0.2) is 19.4 Å². The Bertz CT molecular complexity index is 1330. The minimum Gasteiger partial charge on any atom is -0.463 e. The molecule has 0 aliphatic carbocycles. The summed E-state index contributed by atoms with van der Waals surface area (Å²) in [5, 5.41) is 7.27. The van der Waals surface area contributed by atoms with Crippen LogP contribution in [0.25, 0.3) is 11.2 Å². The standard InChI is InChI=1S/C19H20N6O5S/c1-4-30-17(27)12-10(21-18(28)22-13(12)11-6-5-7-31-11)8-25-9-20-15-14(25)16(26)24(3)19(29)23(15)2/h5-7,9,13H,4,8H2,1-3H3,(H2,21,22,28)/t13-/m0/s1. The van der Waals surface area contributed by atoms with Crippen LogP contribution in [0.1, 0.15) is 17.8 Å². The van der Waals surface area contributed by atoms with Crippen LogP contribution in [0.4, 0.5) is 4.79 Å². The Morgan fingerprint density at radius 2 is 2.03 bits per heavy atom. The van der Waals surface area contributed by atoms with Crippen LogP contribution >= 0.6 is 11.3 Å². The molecule has 0 radical (unpaired) electrons. The van der Waals surface area contributed by atoms with Crippen molar-refractivity contribution in [3.63, 3.8) is 0 Å². The molecule has 31 heavy (non-hydrogen) atoms. The van der Waals surface area contributed by atoms with E-state index in [-0.39, 0.29) is 35.6 Å². The Kier molecular flexibility index (Phi) is 5.23. The third-order valence-electron chi connectivity index (χ3n) is 5.02. The van der Waals surface area contributed by atoms with E-state index in [9.17, 15) is 19.2 Å². The van der Waals surface area contributed by atoms with Gasteiger partial charge in [0.25, 0.3) is 5.56 Å². The monoisotopic (exact) mass is 444 g/mol. The number of esters is 1. The number of carbonyl (C=O) groups is 2. The minimum atomic E-state index is -0.690. The van der Waals surface area contributed by atoms with Gasteiger partial charge in [0, 0.05) is 19.0 Å². The van der Waals surface area contributed by atoms with Crippen molar-refractivity contribution in [1.82, 2.24) is 29.3 Å². The summed E-state index contributed by atoms with van der Waals surface area (Å²) in [6.45, 7) is 1.84. The Morgan fingerprint density at radius 1 is 1.26 bits per heavy atom.